The minimum atomic E-state index is -0.204. The highest BCUT2D eigenvalue weighted by molar-refractivity contribution is 5.93. The molecule has 3 heterocycles. The Hall–Kier alpha value is -3.23. The largest absolute Gasteiger partial charge is 0.487 e. The second kappa shape index (κ2) is 7.18. The van der Waals surface area contributed by atoms with E-state index in [1.807, 2.05) is 6.92 Å². The SMILES string of the molecule is C[C@H]1CNC(=O)CCN1C(=O)c1cc(COc2ccc3c(c2)OCO3)[nH]n1. The maximum absolute atomic E-state index is 12.7. The molecule has 1 aromatic heterocycles. The van der Waals surface area contributed by atoms with Crippen molar-refractivity contribution in [2.24, 2.45) is 0 Å². The van der Waals surface area contributed by atoms with Gasteiger partial charge in [0, 0.05) is 31.6 Å². The van der Waals surface area contributed by atoms with E-state index in [9.17, 15) is 9.59 Å². The van der Waals surface area contributed by atoms with Crippen molar-refractivity contribution in [1.29, 1.82) is 0 Å². The second-order valence-electron chi connectivity index (χ2n) is 6.48. The van der Waals surface area contributed by atoms with E-state index in [4.69, 9.17) is 14.2 Å². The van der Waals surface area contributed by atoms with Crippen LogP contribution in [0.1, 0.15) is 29.5 Å². The van der Waals surface area contributed by atoms with E-state index in [2.05, 4.69) is 15.5 Å². The quantitative estimate of drug-likeness (QED) is 0.832. The van der Waals surface area contributed by atoms with Crippen LogP contribution in [0.2, 0.25) is 0 Å². The van der Waals surface area contributed by atoms with Crippen LogP contribution in [0.25, 0.3) is 0 Å². The highest BCUT2D eigenvalue weighted by Gasteiger charge is 2.27. The van der Waals surface area contributed by atoms with E-state index in [1.54, 1.807) is 29.2 Å². The van der Waals surface area contributed by atoms with Gasteiger partial charge in [0.15, 0.2) is 17.2 Å². The van der Waals surface area contributed by atoms with E-state index in [-0.39, 0.29) is 31.3 Å². The van der Waals surface area contributed by atoms with Gasteiger partial charge < -0.3 is 24.4 Å². The Balaban J connectivity index is 1.39. The molecule has 2 aliphatic heterocycles. The van der Waals surface area contributed by atoms with Gasteiger partial charge in [0.2, 0.25) is 12.7 Å². The molecule has 0 radical (unpaired) electrons. The summed E-state index contributed by atoms with van der Waals surface area (Å²) >= 11 is 0. The molecule has 0 spiro atoms. The first-order chi connectivity index (χ1) is 13.1. The summed E-state index contributed by atoms with van der Waals surface area (Å²) in [5.74, 6) is 1.72. The number of fused-ring (bicyclic) bond motifs is 1. The van der Waals surface area contributed by atoms with Crippen molar-refractivity contribution in [2.45, 2.75) is 26.0 Å². The summed E-state index contributed by atoms with van der Waals surface area (Å²) < 4.78 is 16.3. The molecule has 0 bridgehead atoms. The number of rotatable bonds is 4. The number of aromatic amines is 1. The molecule has 2 amide bonds. The highest BCUT2D eigenvalue weighted by atomic mass is 16.7. The van der Waals surface area contributed by atoms with Gasteiger partial charge >= 0.3 is 0 Å². The van der Waals surface area contributed by atoms with Crippen LogP contribution in [-0.2, 0) is 11.4 Å². The molecular formula is C18H20N4O5. The molecule has 0 unspecified atom stereocenters. The Morgan fingerprint density at radius 3 is 3.07 bits per heavy atom. The molecule has 27 heavy (non-hydrogen) atoms. The smallest absolute Gasteiger partial charge is 0.274 e. The van der Waals surface area contributed by atoms with Gasteiger partial charge in [0.05, 0.1) is 5.69 Å². The lowest BCUT2D eigenvalue weighted by Gasteiger charge is -2.25. The molecule has 1 atom stereocenters. The third-order valence-corrected chi connectivity index (χ3v) is 4.56. The van der Waals surface area contributed by atoms with Gasteiger partial charge in [0.25, 0.3) is 5.91 Å². The molecule has 0 saturated carbocycles. The van der Waals surface area contributed by atoms with E-state index >= 15 is 0 Å². The summed E-state index contributed by atoms with van der Waals surface area (Å²) in [5.41, 5.74) is 0.980. The Kier molecular flexibility index (Phi) is 4.57. The topological polar surface area (TPSA) is 106 Å². The van der Waals surface area contributed by atoms with Gasteiger partial charge in [-0.25, -0.2) is 0 Å². The van der Waals surface area contributed by atoms with Crippen molar-refractivity contribution in [3.63, 3.8) is 0 Å². The van der Waals surface area contributed by atoms with Crippen LogP contribution in [0.5, 0.6) is 17.2 Å². The third-order valence-electron chi connectivity index (χ3n) is 4.56. The van der Waals surface area contributed by atoms with Crippen LogP contribution < -0.4 is 19.5 Å². The lowest BCUT2D eigenvalue weighted by Crippen LogP contribution is -2.42. The van der Waals surface area contributed by atoms with Gasteiger partial charge in [-0.15, -0.1) is 0 Å². The monoisotopic (exact) mass is 372 g/mol. The van der Waals surface area contributed by atoms with Gasteiger partial charge in [-0.2, -0.15) is 5.10 Å². The fourth-order valence-corrected chi connectivity index (χ4v) is 3.02. The number of carbonyl (C=O) groups excluding carboxylic acids is 2. The van der Waals surface area contributed by atoms with Crippen molar-refractivity contribution in [1.82, 2.24) is 20.4 Å². The number of ether oxygens (including phenoxy) is 3. The number of hydrogen-bond acceptors (Lipinski definition) is 6. The fourth-order valence-electron chi connectivity index (χ4n) is 3.02. The zero-order valence-corrected chi connectivity index (χ0v) is 14.9. The van der Waals surface area contributed by atoms with E-state index in [0.29, 0.717) is 48.1 Å². The molecule has 2 aromatic rings. The molecule has 4 rings (SSSR count). The first-order valence-corrected chi connectivity index (χ1v) is 8.74. The minimum absolute atomic E-state index is 0.0445. The van der Waals surface area contributed by atoms with Crippen molar-refractivity contribution in [3.8, 4) is 17.2 Å². The summed E-state index contributed by atoms with van der Waals surface area (Å²) in [6.45, 7) is 3.16. The number of aromatic nitrogens is 2. The lowest BCUT2D eigenvalue weighted by atomic mass is 10.2. The summed E-state index contributed by atoms with van der Waals surface area (Å²) in [6, 6.07) is 6.92. The number of H-pyrrole nitrogens is 1. The Bertz CT molecular complexity index is 865. The minimum Gasteiger partial charge on any atom is -0.487 e. The molecule has 2 N–H and O–H groups in total. The average molecular weight is 372 g/mol. The van der Waals surface area contributed by atoms with Gasteiger partial charge in [-0.1, -0.05) is 0 Å². The molecule has 1 saturated heterocycles. The summed E-state index contributed by atoms with van der Waals surface area (Å²) in [4.78, 5) is 25.9. The predicted molar refractivity (Wildman–Crippen MR) is 93.6 cm³/mol. The zero-order valence-electron chi connectivity index (χ0n) is 14.9. The average Bonchev–Trinajstić information content (AvgIpc) is 3.30. The number of carbonyl (C=O) groups is 2. The summed E-state index contributed by atoms with van der Waals surface area (Å²) in [5, 5.41) is 9.72. The third kappa shape index (κ3) is 3.67. The highest BCUT2D eigenvalue weighted by Crippen LogP contribution is 2.35. The van der Waals surface area contributed by atoms with Crippen LogP contribution in [0, 0.1) is 0 Å². The Morgan fingerprint density at radius 2 is 2.19 bits per heavy atom. The molecule has 9 heteroatoms. The molecule has 142 valence electrons. The van der Waals surface area contributed by atoms with E-state index < -0.39 is 0 Å². The Labute approximate surface area is 155 Å². The van der Waals surface area contributed by atoms with E-state index in [0.717, 1.165) is 0 Å². The number of nitrogens with one attached hydrogen (secondary N) is 2. The van der Waals surface area contributed by atoms with Crippen LogP contribution in [0.3, 0.4) is 0 Å². The molecule has 0 aliphatic carbocycles. The first kappa shape index (κ1) is 17.2. The van der Waals surface area contributed by atoms with Crippen LogP contribution in [0.4, 0.5) is 0 Å². The number of benzene rings is 1. The number of hydrogen-bond donors (Lipinski definition) is 2. The van der Waals surface area contributed by atoms with Crippen LogP contribution >= 0.6 is 0 Å². The fraction of sp³-hybridized carbons (Fsp3) is 0.389. The van der Waals surface area contributed by atoms with Crippen molar-refractivity contribution >= 4 is 11.8 Å². The zero-order chi connectivity index (χ0) is 18.8. The summed E-state index contributed by atoms with van der Waals surface area (Å²) in [6.07, 6.45) is 0.292. The maximum Gasteiger partial charge on any atom is 0.274 e. The predicted octanol–water partition coefficient (Wildman–Crippen LogP) is 1.07. The van der Waals surface area contributed by atoms with Crippen LogP contribution in [0.15, 0.2) is 24.3 Å². The molecule has 1 aromatic carbocycles. The standard InChI is InChI=1S/C18H20N4O5/c1-11-8-19-17(23)4-5-22(11)18(24)14-6-12(20-21-14)9-25-13-2-3-15-16(7-13)27-10-26-15/h2-3,6-7,11H,4-5,8-10H2,1H3,(H,19,23)(H,20,21)/t11-/m0/s1. The van der Waals surface area contributed by atoms with Crippen LogP contribution in [-0.4, -0.2) is 52.8 Å². The first-order valence-electron chi connectivity index (χ1n) is 8.74. The number of nitrogens with zero attached hydrogens (tertiary/aromatic N) is 2. The van der Waals surface area contributed by atoms with Crippen molar-refractivity contribution in [3.05, 3.63) is 35.7 Å². The number of amides is 2. The Morgan fingerprint density at radius 1 is 1.33 bits per heavy atom. The van der Waals surface area contributed by atoms with Gasteiger partial charge in [0.1, 0.15) is 12.4 Å². The lowest BCUT2D eigenvalue weighted by molar-refractivity contribution is -0.120. The van der Waals surface area contributed by atoms with Gasteiger partial charge in [-0.05, 0) is 25.1 Å². The molecule has 1 fully saturated rings. The maximum atomic E-state index is 12.7. The van der Waals surface area contributed by atoms with E-state index in [1.165, 1.54) is 0 Å². The van der Waals surface area contributed by atoms with Crippen molar-refractivity contribution in [2.75, 3.05) is 19.9 Å². The second-order valence-corrected chi connectivity index (χ2v) is 6.48. The summed E-state index contributed by atoms with van der Waals surface area (Å²) in [7, 11) is 0. The normalized spacial score (nSPS) is 18.8. The molecular weight excluding hydrogens is 352 g/mol. The molecule has 9 nitrogen and oxygen atoms in total. The molecule has 2 aliphatic rings. The van der Waals surface area contributed by atoms with Crippen molar-refractivity contribution < 1.29 is 23.8 Å². The van der Waals surface area contributed by atoms with Gasteiger partial charge in [-0.3, -0.25) is 14.7 Å².